The molecule has 1 saturated heterocycles. The molecule has 1 fully saturated rings. The summed E-state index contributed by atoms with van der Waals surface area (Å²) in [6, 6.07) is 0. The summed E-state index contributed by atoms with van der Waals surface area (Å²) in [5.74, 6) is 0.135. The number of hydrogen-bond donors (Lipinski definition) is 0. The Morgan fingerprint density at radius 2 is 1.43 bits per heavy atom. The van der Waals surface area contributed by atoms with Gasteiger partial charge in [0, 0.05) is 11.5 Å². The number of fused-ring (bicyclic) bond motifs is 1. The zero-order valence-electron chi connectivity index (χ0n) is 13.3. The van der Waals surface area contributed by atoms with Crippen LogP contribution in [0.25, 0.3) is 0 Å². The molecule has 118 valence electrons. The molecule has 2 atom stereocenters. The third-order valence-corrected chi connectivity index (χ3v) is 4.83. The molecule has 0 unspecified atom stereocenters. The second-order valence-corrected chi connectivity index (χ2v) is 6.53. The fourth-order valence-electron chi connectivity index (χ4n) is 3.47. The van der Waals surface area contributed by atoms with Gasteiger partial charge in [-0.25, -0.2) is 4.79 Å². The number of ether oxygens (including phenoxy) is 1. The molecule has 0 aromatic heterocycles. The molecule has 0 bridgehead atoms. The summed E-state index contributed by atoms with van der Waals surface area (Å²) in [6.07, 6.45) is 19.4. The molecule has 0 saturated carbocycles. The van der Waals surface area contributed by atoms with E-state index in [1.54, 1.807) is 0 Å². The van der Waals surface area contributed by atoms with Gasteiger partial charge in [0.25, 0.3) is 0 Å². The number of carbonyl (C=O) groups is 1. The fourth-order valence-corrected chi connectivity index (χ4v) is 3.47. The van der Waals surface area contributed by atoms with Crippen molar-refractivity contribution in [2.75, 3.05) is 0 Å². The van der Waals surface area contributed by atoms with E-state index in [4.69, 9.17) is 4.74 Å². The minimum Gasteiger partial charge on any atom is -0.458 e. The standard InChI is InChI=1S/C19H30O2/c1-16-17-14-12-10-8-6-4-2-3-5-7-9-11-13-15-18(17)21-19(16)20/h3,5,17-18H,1-2,4,6-15H2/b5-3+/t17-,18+/m0/s1. The zero-order valence-corrected chi connectivity index (χ0v) is 13.3. The topological polar surface area (TPSA) is 26.3 Å². The lowest BCUT2D eigenvalue weighted by Crippen LogP contribution is -2.16. The first-order valence-corrected chi connectivity index (χ1v) is 8.84. The van der Waals surface area contributed by atoms with Crippen LogP contribution in [0, 0.1) is 5.92 Å². The van der Waals surface area contributed by atoms with E-state index in [2.05, 4.69) is 18.7 Å². The number of rotatable bonds is 0. The Kier molecular flexibility index (Phi) is 7.05. The maximum absolute atomic E-state index is 11.7. The fraction of sp³-hybridized carbons (Fsp3) is 0.737. The van der Waals surface area contributed by atoms with Gasteiger partial charge in [-0.3, -0.25) is 0 Å². The first-order chi connectivity index (χ1) is 10.3. The van der Waals surface area contributed by atoms with Gasteiger partial charge in [-0.1, -0.05) is 50.8 Å². The van der Waals surface area contributed by atoms with Crippen LogP contribution in [0.3, 0.4) is 0 Å². The Bertz CT molecular complexity index is 370. The highest BCUT2D eigenvalue weighted by Crippen LogP contribution is 2.34. The molecule has 2 heteroatoms. The van der Waals surface area contributed by atoms with Gasteiger partial charge in [0.2, 0.25) is 0 Å². The molecule has 0 aromatic carbocycles. The lowest BCUT2D eigenvalue weighted by atomic mass is 9.88. The van der Waals surface area contributed by atoms with Crippen LogP contribution in [0.15, 0.2) is 24.3 Å². The predicted octanol–water partition coefficient (Wildman–Crippen LogP) is 5.34. The van der Waals surface area contributed by atoms with Crippen LogP contribution < -0.4 is 0 Å². The summed E-state index contributed by atoms with van der Waals surface area (Å²) in [4.78, 5) is 11.7. The van der Waals surface area contributed by atoms with E-state index in [1.165, 1.54) is 57.8 Å². The molecule has 2 rings (SSSR count). The Morgan fingerprint density at radius 1 is 0.857 bits per heavy atom. The van der Waals surface area contributed by atoms with Crippen molar-refractivity contribution in [3.05, 3.63) is 24.3 Å². The van der Waals surface area contributed by atoms with Gasteiger partial charge >= 0.3 is 5.97 Å². The largest absolute Gasteiger partial charge is 0.458 e. The Balaban J connectivity index is 1.85. The molecule has 0 radical (unpaired) electrons. The van der Waals surface area contributed by atoms with Crippen LogP contribution in [0.4, 0.5) is 0 Å². The third-order valence-electron chi connectivity index (χ3n) is 4.83. The van der Waals surface area contributed by atoms with Crippen LogP contribution in [0.5, 0.6) is 0 Å². The van der Waals surface area contributed by atoms with Gasteiger partial charge in [-0.15, -0.1) is 0 Å². The van der Waals surface area contributed by atoms with Crippen molar-refractivity contribution in [1.82, 2.24) is 0 Å². The molecule has 0 N–H and O–H groups in total. The van der Waals surface area contributed by atoms with Gasteiger partial charge in [-0.2, -0.15) is 0 Å². The highest BCUT2D eigenvalue weighted by molar-refractivity contribution is 5.90. The smallest absolute Gasteiger partial charge is 0.334 e. The number of hydrogen-bond acceptors (Lipinski definition) is 2. The van der Waals surface area contributed by atoms with Gasteiger partial charge in [0.1, 0.15) is 6.10 Å². The molecule has 0 aromatic rings. The van der Waals surface area contributed by atoms with Crippen molar-refractivity contribution in [1.29, 1.82) is 0 Å². The van der Waals surface area contributed by atoms with Crippen molar-refractivity contribution in [3.63, 3.8) is 0 Å². The number of carbonyl (C=O) groups excluding carboxylic acids is 1. The Hall–Kier alpha value is -1.05. The second kappa shape index (κ2) is 9.07. The van der Waals surface area contributed by atoms with E-state index in [0.717, 1.165) is 24.8 Å². The van der Waals surface area contributed by atoms with E-state index in [9.17, 15) is 4.79 Å². The summed E-state index contributed by atoms with van der Waals surface area (Å²) >= 11 is 0. The quantitative estimate of drug-likeness (QED) is 0.342. The molecule has 21 heavy (non-hydrogen) atoms. The van der Waals surface area contributed by atoms with E-state index >= 15 is 0 Å². The van der Waals surface area contributed by atoms with E-state index in [1.807, 2.05) is 0 Å². The molecule has 2 aliphatic rings. The van der Waals surface area contributed by atoms with Crippen molar-refractivity contribution >= 4 is 5.97 Å². The number of esters is 1. The summed E-state index contributed by atoms with van der Waals surface area (Å²) in [5.41, 5.74) is 0.726. The summed E-state index contributed by atoms with van der Waals surface area (Å²) in [5, 5.41) is 0. The van der Waals surface area contributed by atoms with Crippen LogP contribution in [-0.4, -0.2) is 12.1 Å². The average Bonchev–Trinajstić information content (AvgIpc) is 2.73. The highest BCUT2D eigenvalue weighted by atomic mass is 16.6. The van der Waals surface area contributed by atoms with Gasteiger partial charge in [0.05, 0.1) is 0 Å². The summed E-state index contributed by atoms with van der Waals surface area (Å²) in [7, 11) is 0. The minimum absolute atomic E-state index is 0.105. The molecule has 1 heterocycles. The first-order valence-electron chi connectivity index (χ1n) is 8.84. The van der Waals surface area contributed by atoms with Crippen molar-refractivity contribution < 1.29 is 9.53 Å². The van der Waals surface area contributed by atoms with Crippen molar-refractivity contribution in [2.45, 2.75) is 83.2 Å². The predicted molar refractivity (Wildman–Crippen MR) is 87.1 cm³/mol. The summed E-state index contributed by atoms with van der Waals surface area (Å²) < 4.78 is 5.53. The van der Waals surface area contributed by atoms with Gasteiger partial charge in [0.15, 0.2) is 0 Å². The zero-order chi connectivity index (χ0) is 14.9. The molecular formula is C19H30O2. The maximum Gasteiger partial charge on any atom is 0.334 e. The summed E-state index contributed by atoms with van der Waals surface area (Å²) in [6.45, 7) is 3.97. The lowest BCUT2D eigenvalue weighted by molar-refractivity contribution is -0.139. The minimum atomic E-state index is -0.147. The van der Waals surface area contributed by atoms with Crippen LogP contribution >= 0.6 is 0 Å². The maximum atomic E-state index is 11.7. The second-order valence-electron chi connectivity index (χ2n) is 6.53. The van der Waals surface area contributed by atoms with Crippen LogP contribution in [-0.2, 0) is 9.53 Å². The van der Waals surface area contributed by atoms with E-state index in [0.29, 0.717) is 0 Å². The van der Waals surface area contributed by atoms with Crippen LogP contribution in [0.2, 0.25) is 0 Å². The molecule has 1 aliphatic heterocycles. The number of allylic oxidation sites excluding steroid dienone is 2. The molecular weight excluding hydrogens is 260 g/mol. The first kappa shape index (κ1) is 16.3. The highest BCUT2D eigenvalue weighted by Gasteiger charge is 2.37. The lowest BCUT2D eigenvalue weighted by Gasteiger charge is -2.17. The third kappa shape index (κ3) is 5.33. The molecule has 1 aliphatic carbocycles. The van der Waals surface area contributed by atoms with Gasteiger partial charge in [-0.05, 0) is 44.9 Å². The van der Waals surface area contributed by atoms with Crippen LogP contribution in [0.1, 0.15) is 77.0 Å². The van der Waals surface area contributed by atoms with E-state index in [-0.39, 0.29) is 18.0 Å². The Labute approximate surface area is 129 Å². The average molecular weight is 290 g/mol. The Morgan fingerprint density at radius 3 is 2.19 bits per heavy atom. The van der Waals surface area contributed by atoms with E-state index < -0.39 is 0 Å². The SMILES string of the molecule is C=C1C(=O)O[C@@H]2CCCCC/C=C/CCCCCCC[C@@H]12. The van der Waals surface area contributed by atoms with Crippen molar-refractivity contribution in [2.24, 2.45) is 5.92 Å². The molecule has 0 spiro atoms. The molecule has 0 amide bonds. The van der Waals surface area contributed by atoms with Gasteiger partial charge < -0.3 is 4.74 Å². The molecule has 2 nitrogen and oxygen atoms in total. The normalized spacial score (nSPS) is 31.4. The van der Waals surface area contributed by atoms with Crippen molar-refractivity contribution in [3.8, 4) is 0 Å². The monoisotopic (exact) mass is 290 g/mol.